The molecule has 4 nitrogen and oxygen atoms in total. The number of carbonyl (C=O) groups is 1. The van der Waals surface area contributed by atoms with E-state index in [4.69, 9.17) is 5.11 Å². The number of hydrogen-bond acceptors (Lipinski definition) is 2. The first-order chi connectivity index (χ1) is 6.59. The molecule has 6 heteroatoms. The quantitative estimate of drug-likeness (QED) is 0.824. The van der Waals surface area contributed by atoms with E-state index < -0.39 is 11.8 Å². The summed E-state index contributed by atoms with van der Waals surface area (Å²) < 4.78 is 13.7. The lowest BCUT2D eigenvalue weighted by molar-refractivity contribution is 0.0692. The van der Waals surface area contributed by atoms with E-state index in [0.29, 0.717) is 4.47 Å². The van der Waals surface area contributed by atoms with Crippen LogP contribution in [0.1, 0.15) is 10.5 Å². The Morgan fingerprint density at radius 2 is 2.29 bits per heavy atom. The van der Waals surface area contributed by atoms with Crippen molar-refractivity contribution < 1.29 is 14.3 Å². The van der Waals surface area contributed by atoms with Crippen molar-refractivity contribution in [2.45, 2.75) is 0 Å². The molecule has 0 bridgehead atoms. The SMILES string of the molecule is O=C(O)c1n[nH]c2c(F)cc(Br)cc12. The molecule has 0 radical (unpaired) electrons. The smallest absolute Gasteiger partial charge is 0.357 e. The highest BCUT2D eigenvalue weighted by atomic mass is 79.9. The summed E-state index contributed by atoms with van der Waals surface area (Å²) in [6.45, 7) is 0. The van der Waals surface area contributed by atoms with Gasteiger partial charge in [0.25, 0.3) is 0 Å². The van der Waals surface area contributed by atoms with E-state index in [-0.39, 0.29) is 16.6 Å². The first kappa shape index (κ1) is 9.14. The first-order valence-electron chi connectivity index (χ1n) is 3.66. The van der Waals surface area contributed by atoms with Crippen molar-refractivity contribution in [2.75, 3.05) is 0 Å². The Hall–Kier alpha value is -1.43. The van der Waals surface area contributed by atoms with Crippen LogP contribution in [0.5, 0.6) is 0 Å². The summed E-state index contributed by atoms with van der Waals surface area (Å²) in [6.07, 6.45) is 0. The van der Waals surface area contributed by atoms with E-state index in [2.05, 4.69) is 26.1 Å². The molecule has 1 heterocycles. The number of nitrogens with one attached hydrogen (secondary N) is 1. The van der Waals surface area contributed by atoms with Gasteiger partial charge in [0, 0.05) is 9.86 Å². The van der Waals surface area contributed by atoms with Gasteiger partial charge in [-0.3, -0.25) is 5.10 Å². The van der Waals surface area contributed by atoms with Crippen LogP contribution in [-0.2, 0) is 0 Å². The second kappa shape index (κ2) is 3.06. The minimum absolute atomic E-state index is 0.102. The van der Waals surface area contributed by atoms with Crippen molar-refractivity contribution >= 4 is 32.8 Å². The number of halogens is 2. The summed E-state index contributed by atoms with van der Waals surface area (Å²) in [5, 5.41) is 14.8. The molecular formula is C8H4BrFN2O2. The molecule has 0 aliphatic rings. The Balaban J connectivity index is 2.85. The molecule has 1 aromatic heterocycles. The van der Waals surface area contributed by atoms with Gasteiger partial charge >= 0.3 is 5.97 Å². The van der Waals surface area contributed by atoms with E-state index >= 15 is 0 Å². The van der Waals surface area contributed by atoms with E-state index in [1.165, 1.54) is 12.1 Å². The normalized spacial score (nSPS) is 10.7. The third-order valence-corrected chi connectivity index (χ3v) is 2.25. The molecule has 0 fully saturated rings. The van der Waals surface area contributed by atoms with Crippen LogP contribution < -0.4 is 0 Å². The van der Waals surface area contributed by atoms with Gasteiger partial charge in [-0.2, -0.15) is 5.10 Å². The van der Waals surface area contributed by atoms with Crippen molar-refractivity contribution in [2.24, 2.45) is 0 Å². The van der Waals surface area contributed by atoms with Crippen molar-refractivity contribution in [1.82, 2.24) is 10.2 Å². The molecule has 1 aromatic carbocycles. The van der Waals surface area contributed by atoms with Crippen molar-refractivity contribution in [3.63, 3.8) is 0 Å². The molecule has 14 heavy (non-hydrogen) atoms. The molecule has 0 spiro atoms. The molecule has 0 saturated heterocycles. The summed E-state index contributed by atoms with van der Waals surface area (Å²) in [5.41, 5.74) is -0.0780. The number of fused-ring (bicyclic) bond motifs is 1. The predicted molar refractivity (Wildman–Crippen MR) is 50.7 cm³/mol. The zero-order valence-corrected chi connectivity index (χ0v) is 8.30. The highest BCUT2D eigenvalue weighted by Gasteiger charge is 2.15. The summed E-state index contributed by atoms with van der Waals surface area (Å²) in [7, 11) is 0. The zero-order chi connectivity index (χ0) is 10.3. The van der Waals surface area contributed by atoms with Crippen LogP contribution in [0.4, 0.5) is 4.39 Å². The molecule has 72 valence electrons. The molecule has 0 unspecified atom stereocenters. The van der Waals surface area contributed by atoms with Gasteiger partial charge in [-0.25, -0.2) is 9.18 Å². The maximum absolute atomic E-state index is 13.2. The number of carboxylic acids is 1. The maximum Gasteiger partial charge on any atom is 0.357 e. The maximum atomic E-state index is 13.2. The number of aromatic amines is 1. The van der Waals surface area contributed by atoms with E-state index in [1.807, 2.05) is 0 Å². The van der Waals surface area contributed by atoms with Gasteiger partial charge in [0.15, 0.2) is 5.69 Å². The van der Waals surface area contributed by atoms with Crippen LogP contribution in [0.25, 0.3) is 10.9 Å². The van der Waals surface area contributed by atoms with Crippen LogP contribution in [-0.4, -0.2) is 21.3 Å². The number of aromatic carboxylic acids is 1. The molecule has 0 saturated carbocycles. The van der Waals surface area contributed by atoms with Crippen LogP contribution in [0.2, 0.25) is 0 Å². The van der Waals surface area contributed by atoms with Crippen LogP contribution >= 0.6 is 15.9 Å². The van der Waals surface area contributed by atoms with Crippen molar-refractivity contribution in [3.05, 3.63) is 28.1 Å². The van der Waals surface area contributed by atoms with Gasteiger partial charge in [0.2, 0.25) is 0 Å². The molecular weight excluding hydrogens is 255 g/mol. The Morgan fingerprint density at radius 3 is 2.93 bits per heavy atom. The number of aromatic nitrogens is 2. The van der Waals surface area contributed by atoms with Crippen LogP contribution in [0.15, 0.2) is 16.6 Å². The molecule has 0 aliphatic heterocycles. The third kappa shape index (κ3) is 1.27. The first-order valence-corrected chi connectivity index (χ1v) is 4.45. The Labute approximate surface area is 85.9 Å². The molecule has 2 aromatic rings. The Kier molecular flexibility index (Phi) is 1.99. The van der Waals surface area contributed by atoms with E-state index in [1.54, 1.807) is 0 Å². The minimum atomic E-state index is -1.19. The molecule has 0 aliphatic carbocycles. The molecule has 2 rings (SSSR count). The largest absolute Gasteiger partial charge is 0.476 e. The van der Waals surface area contributed by atoms with Gasteiger partial charge in [-0.1, -0.05) is 15.9 Å². The van der Waals surface area contributed by atoms with Gasteiger partial charge in [0.1, 0.15) is 11.3 Å². The number of nitrogens with zero attached hydrogens (tertiary/aromatic N) is 1. The topological polar surface area (TPSA) is 66.0 Å². The summed E-state index contributed by atoms with van der Waals surface area (Å²) >= 11 is 3.08. The average Bonchev–Trinajstić information content (AvgIpc) is 2.47. The lowest BCUT2D eigenvalue weighted by Gasteiger charge is -1.94. The molecule has 0 atom stereocenters. The van der Waals surface area contributed by atoms with Gasteiger partial charge in [0.05, 0.1) is 0 Å². The van der Waals surface area contributed by atoms with Gasteiger partial charge in [-0.15, -0.1) is 0 Å². The highest BCUT2D eigenvalue weighted by Crippen LogP contribution is 2.23. The zero-order valence-electron chi connectivity index (χ0n) is 6.71. The van der Waals surface area contributed by atoms with E-state index in [9.17, 15) is 9.18 Å². The second-order valence-corrected chi connectivity index (χ2v) is 3.60. The minimum Gasteiger partial charge on any atom is -0.476 e. The number of rotatable bonds is 1. The lowest BCUT2D eigenvalue weighted by atomic mass is 10.2. The highest BCUT2D eigenvalue weighted by molar-refractivity contribution is 9.10. The molecule has 0 amide bonds. The average molecular weight is 259 g/mol. The number of carboxylic acid groups (broad SMARTS) is 1. The number of benzene rings is 1. The van der Waals surface area contributed by atoms with Crippen molar-refractivity contribution in [3.8, 4) is 0 Å². The monoisotopic (exact) mass is 258 g/mol. The van der Waals surface area contributed by atoms with Gasteiger partial charge in [-0.05, 0) is 12.1 Å². The summed E-state index contributed by atoms with van der Waals surface area (Å²) in [5.74, 6) is -1.72. The summed E-state index contributed by atoms with van der Waals surface area (Å²) in [4.78, 5) is 10.7. The standard InChI is InChI=1S/C8H4BrFN2O2/c9-3-1-4-6(5(10)2-3)11-12-7(4)8(13)14/h1-2H,(H,11,12)(H,13,14). The molecule has 2 N–H and O–H groups in total. The fourth-order valence-electron chi connectivity index (χ4n) is 1.21. The number of H-pyrrole nitrogens is 1. The lowest BCUT2D eigenvalue weighted by Crippen LogP contribution is -1.96. The van der Waals surface area contributed by atoms with Crippen LogP contribution in [0.3, 0.4) is 0 Å². The van der Waals surface area contributed by atoms with Gasteiger partial charge < -0.3 is 5.11 Å². The predicted octanol–water partition coefficient (Wildman–Crippen LogP) is 2.16. The van der Waals surface area contributed by atoms with Crippen molar-refractivity contribution in [1.29, 1.82) is 0 Å². The van der Waals surface area contributed by atoms with Crippen LogP contribution in [0, 0.1) is 5.82 Å². The second-order valence-electron chi connectivity index (χ2n) is 2.69. The van der Waals surface area contributed by atoms with E-state index in [0.717, 1.165) is 0 Å². The number of hydrogen-bond donors (Lipinski definition) is 2. The third-order valence-electron chi connectivity index (χ3n) is 1.79. The summed E-state index contributed by atoms with van der Waals surface area (Å²) in [6, 6.07) is 2.75. The Bertz CT molecular complexity index is 523. The fourth-order valence-corrected chi connectivity index (χ4v) is 1.64. The Morgan fingerprint density at radius 1 is 1.57 bits per heavy atom. The fraction of sp³-hybridized carbons (Fsp3) is 0.